The molecule has 2 aromatic carbocycles. The van der Waals surface area contributed by atoms with Crippen LogP contribution in [0.15, 0.2) is 47.4 Å². The minimum absolute atomic E-state index is 0.131. The van der Waals surface area contributed by atoms with Crippen LogP contribution >= 0.6 is 0 Å². The van der Waals surface area contributed by atoms with E-state index in [1.54, 1.807) is 12.1 Å². The van der Waals surface area contributed by atoms with Crippen LogP contribution in [-0.2, 0) is 21.2 Å². The summed E-state index contributed by atoms with van der Waals surface area (Å²) in [7, 11) is 3.04. The van der Waals surface area contributed by atoms with Gasteiger partial charge in [-0.2, -0.15) is 0 Å². The normalized spacial score (nSPS) is 11.8. The van der Waals surface area contributed by atoms with Gasteiger partial charge in [-0.3, -0.25) is 4.79 Å². The van der Waals surface area contributed by atoms with Gasteiger partial charge < -0.3 is 15.2 Å². The van der Waals surface area contributed by atoms with Gasteiger partial charge in [-0.15, -0.1) is 0 Å². The third-order valence-corrected chi connectivity index (χ3v) is 6.68. The van der Waals surface area contributed by atoms with E-state index in [4.69, 9.17) is 0 Å². The van der Waals surface area contributed by atoms with E-state index < -0.39 is 10.0 Å². The lowest BCUT2D eigenvalue weighted by atomic mass is 10.1. The van der Waals surface area contributed by atoms with Gasteiger partial charge in [0.15, 0.2) is 0 Å². The van der Waals surface area contributed by atoms with Crippen LogP contribution in [0.3, 0.4) is 0 Å². The Morgan fingerprint density at radius 3 is 2.41 bits per heavy atom. The van der Waals surface area contributed by atoms with Crippen LogP contribution < -0.4 is 10.2 Å². The zero-order valence-electron chi connectivity index (χ0n) is 17.3. The topological polar surface area (TPSA) is 85.5 Å². The lowest BCUT2D eigenvalue weighted by Crippen LogP contribution is -2.23. The van der Waals surface area contributed by atoms with Crippen molar-refractivity contribution < 1.29 is 13.2 Å². The van der Waals surface area contributed by atoms with Crippen molar-refractivity contribution in [3.63, 3.8) is 0 Å². The fourth-order valence-corrected chi connectivity index (χ4v) is 4.22. The van der Waals surface area contributed by atoms with E-state index in [0.717, 1.165) is 32.2 Å². The van der Waals surface area contributed by atoms with E-state index in [1.807, 2.05) is 50.2 Å². The number of anilines is 2. The number of sulfonamides is 1. The van der Waals surface area contributed by atoms with Crippen LogP contribution in [0, 0.1) is 6.92 Å². The first-order chi connectivity index (χ1) is 13.6. The van der Waals surface area contributed by atoms with Crippen molar-refractivity contribution in [3.05, 3.63) is 53.7 Å². The number of carbonyl (C=O) groups excluding carboxylic acids is 1. The molecular weight excluding hydrogens is 388 g/mol. The predicted octanol–water partition coefficient (Wildman–Crippen LogP) is 2.97. The quantitative estimate of drug-likeness (QED) is 0.649. The standard InChI is InChI=1S/C21H26N4O3S/c1-14-17(16-8-6-7-9-18(16)22-14)13-21(26)23-19-12-15(29(27,28)25(4)5)10-11-20(19)24(2)3/h6-12,22H,13H2,1-5H3,(H,23,26). The highest BCUT2D eigenvalue weighted by molar-refractivity contribution is 7.89. The number of H-pyrrole nitrogens is 1. The Labute approximate surface area is 171 Å². The largest absolute Gasteiger partial charge is 0.376 e. The molecule has 8 heteroatoms. The van der Waals surface area contributed by atoms with Crippen LogP contribution in [0.5, 0.6) is 0 Å². The number of aryl methyl sites for hydroxylation is 1. The summed E-state index contributed by atoms with van der Waals surface area (Å²) < 4.78 is 26.1. The molecule has 0 saturated heterocycles. The number of hydrogen-bond acceptors (Lipinski definition) is 4. The van der Waals surface area contributed by atoms with Crippen molar-refractivity contribution in [1.29, 1.82) is 0 Å². The zero-order chi connectivity index (χ0) is 21.3. The van der Waals surface area contributed by atoms with Gasteiger partial charge in [-0.25, -0.2) is 12.7 Å². The first kappa shape index (κ1) is 20.9. The Morgan fingerprint density at radius 2 is 1.76 bits per heavy atom. The predicted molar refractivity (Wildman–Crippen MR) is 117 cm³/mol. The van der Waals surface area contributed by atoms with Gasteiger partial charge in [-0.1, -0.05) is 18.2 Å². The summed E-state index contributed by atoms with van der Waals surface area (Å²) in [5.74, 6) is -0.208. The monoisotopic (exact) mass is 414 g/mol. The van der Waals surface area contributed by atoms with Gasteiger partial charge in [0.2, 0.25) is 15.9 Å². The second-order valence-corrected chi connectivity index (χ2v) is 9.51. The second kappa shape index (κ2) is 7.88. The number of aromatic nitrogens is 1. The number of aromatic amines is 1. The molecule has 1 amide bonds. The van der Waals surface area contributed by atoms with Gasteiger partial charge in [-0.05, 0) is 36.8 Å². The minimum Gasteiger partial charge on any atom is -0.376 e. The van der Waals surface area contributed by atoms with E-state index in [1.165, 1.54) is 20.2 Å². The Kier molecular flexibility index (Phi) is 5.68. The highest BCUT2D eigenvalue weighted by Gasteiger charge is 2.20. The summed E-state index contributed by atoms with van der Waals surface area (Å²) >= 11 is 0. The number of rotatable bonds is 6. The summed E-state index contributed by atoms with van der Waals surface area (Å²) in [6, 6.07) is 12.6. The van der Waals surface area contributed by atoms with Crippen LogP contribution in [0.1, 0.15) is 11.3 Å². The molecule has 0 bridgehead atoms. The Bertz CT molecular complexity index is 1160. The smallest absolute Gasteiger partial charge is 0.242 e. The molecule has 0 aliphatic carbocycles. The van der Waals surface area contributed by atoms with Crippen molar-refractivity contribution in [2.75, 3.05) is 38.4 Å². The van der Waals surface area contributed by atoms with E-state index in [9.17, 15) is 13.2 Å². The highest BCUT2D eigenvalue weighted by atomic mass is 32.2. The molecule has 0 unspecified atom stereocenters. The molecule has 1 heterocycles. The summed E-state index contributed by atoms with van der Waals surface area (Å²) in [5.41, 5.74) is 4.05. The molecule has 3 aromatic rings. The van der Waals surface area contributed by atoms with Gasteiger partial charge in [0.1, 0.15) is 0 Å². The molecule has 0 atom stereocenters. The van der Waals surface area contributed by atoms with Crippen LogP contribution in [0.25, 0.3) is 10.9 Å². The fourth-order valence-electron chi connectivity index (χ4n) is 3.29. The molecule has 0 spiro atoms. The van der Waals surface area contributed by atoms with E-state index in [2.05, 4.69) is 10.3 Å². The van der Waals surface area contributed by atoms with E-state index in [-0.39, 0.29) is 17.2 Å². The number of para-hydroxylation sites is 1. The summed E-state index contributed by atoms with van der Waals surface area (Å²) in [4.78, 5) is 18.1. The van der Waals surface area contributed by atoms with E-state index >= 15 is 0 Å². The second-order valence-electron chi connectivity index (χ2n) is 7.36. The first-order valence-corrected chi connectivity index (χ1v) is 10.6. The maximum absolute atomic E-state index is 12.8. The molecule has 2 N–H and O–H groups in total. The molecule has 0 radical (unpaired) electrons. The Hall–Kier alpha value is -2.84. The van der Waals surface area contributed by atoms with Gasteiger partial charge >= 0.3 is 0 Å². The lowest BCUT2D eigenvalue weighted by Gasteiger charge is -2.20. The number of benzene rings is 2. The minimum atomic E-state index is -3.60. The van der Waals surface area contributed by atoms with Crippen molar-refractivity contribution >= 4 is 38.2 Å². The number of fused-ring (bicyclic) bond motifs is 1. The number of amides is 1. The fraction of sp³-hybridized carbons (Fsp3) is 0.286. The summed E-state index contributed by atoms with van der Waals surface area (Å²) in [6.07, 6.45) is 0.188. The molecule has 0 fully saturated rings. The molecule has 29 heavy (non-hydrogen) atoms. The SMILES string of the molecule is Cc1[nH]c2ccccc2c1CC(=O)Nc1cc(S(=O)(=O)N(C)C)ccc1N(C)C. The van der Waals surface area contributed by atoms with Crippen molar-refractivity contribution in [2.24, 2.45) is 0 Å². The number of nitrogens with one attached hydrogen (secondary N) is 2. The molecule has 154 valence electrons. The summed E-state index contributed by atoms with van der Waals surface area (Å²) in [6.45, 7) is 1.94. The lowest BCUT2D eigenvalue weighted by molar-refractivity contribution is -0.115. The average molecular weight is 415 g/mol. The number of carbonyl (C=O) groups is 1. The molecular formula is C21H26N4O3S. The van der Waals surface area contributed by atoms with Gasteiger partial charge in [0.05, 0.1) is 22.7 Å². The van der Waals surface area contributed by atoms with Crippen molar-refractivity contribution in [3.8, 4) is 0 Å². The van der Waals surface area contributed by atoms with Gasteiger partial charge in [0, 0.05) is 44.8 Å². The van der Waals surface area contributed by atoms with Crippen LogP contribution in [0.4, 0.5) is 11.4 Å². The van der Waals surface area contributed by atoms with Crippen LogP contribution in [-0.4, -0.2) is 51.8 Å². The molecule has 7 nitrogen and oxygen atoms in total. The van der Waals surface area contributed by atoms with Crippen molar-refractivity contribution in [1.82, 2.24) is 9.29 Å². The van der Waals surface area contributed by atoms with Gasteiger partial charge in [0.25, 0.3) is 0 Å². The first-order valence-electron chi connectivity index (χ1n) is 9.21. The molecule has 0 aliphatic rings. The van der Waals surface area contributed by atoms with Crippen LogP contribution in [0.2, 0.25) is 0 Å². The maximum atomic E-state index is 12.8. The molecule has 0 saturated carbocycles. The number of hydrogen-bond donors (Lipinski definition) is 2. The highest BCUT2D eigenvalue weighted by Crippen LogP contribution is 2.29. The Morgan fingerprint density at radius 1 is 1.07 bits per heavy atom. The average Bonchev–Trinajstić information content (AvgIpc) is 2.96. The molecule has 0 aliphatic heterocycles. The third-order valence-electron chi connectivity index (χ3n) is 4.87. The Balaban J connectivity index is 1.93. The third kappa shape index (κ3) is 4.13. The van der Waals surface area contributed by atoms with Crippen molar-refractivity contribution in [2.45, 2.75) is 18.2 Å². The zero-order valence-corrected chi connectivity index (χ0v) is 18.1. The maximum Gasteiger partial charge on any atom is 0.242 e. The summed E-state index contributed by atoms with van der Waals surface area (Å²) in [5, 5.41) is 3.91. The number of nitrogens with zero attached hydrogens (tertiary/aromatic N) is 2. The molecule has 3 rings (SSSR count). The van der Waals surface area contributed by atoms with E-state index in [0.29, 0.717) is 5.69 Å². The molecule has 1 aromatic heterocycles.